The molecule has 29 heavy (non-hydrogen) atoms. The summed E-state index contributed by atoms with van der Waals surface area (Å²) in [5.74, 6) is -2.11. The van der Waals surface area contributed by atoms with Crippen LogP contribution >= 0.6 is 0 Å². The first-order valence-electron chi connectivity index (χ1n) is 10.4. The molecule has 2 aliphatic rings. The summed E-state index contributed by atoms with van der Waals surface area (Å²) in [6.45, 7) is 12.1. The molecule has 0 atom stereocenters. The van der Waals surface area contributed by atoms with Crippen molar-refractivity contribution in [3.63, 3.8) is 0 Å². The zero-order valence-electron chi connectivity index (χ0n) is 18.3. The summed E-state index contributed by atoms with van der Waals surface area (Å²) in [6, 6.07) is 3.65. The lowest BCUT2D eigenvalue weighted by atomic mass is 9.78. The number of hydrogen-bond acceptors (Lipinski definition) is 5. The quantitative estimate of drug-likeness (QED) is 0.402. The molecule has 1 aliphatic heterocycles. The highest BCUT2D eigenvalue weighted by Crippen LogP contribution is 2.41. The second-order valence-electron chi connectivity index (χ2n) is 10.3. The van der Waals surface area contributed by atoms with Gasteiger partial charge in [0.1, 0.15) is 11.3 Å². The summed E-state index contributed by atoms with van der Waals surface area (Å²) in [4.78, 5) is 25.3. The van der Waals surface area contributed by atoms with Gasteiger partial charge in [-0.15, -0.1) is 0 Å². The van der Waals surface area contributed by atoms with E-state index in [4.69, 9.17) is 9.47 Å². The minimum atomic E-state index is -1.09. The Hall–Kier alpha value is -2.30. The fourth-order valence-electron chi connectivity index (χ4n) is 4.01. The number of phenols is 1. The molecule has 3 rings (SSSR count). The van der Waals surface area contributed by atoms with E-state index in [9.17, 15) is 14.7 Å². The molecule has 1 heterocycles. The Morgan fingerprint density at radius 1 is 0.862 bits per heavy atom. The van der Waals surface area contributed by atoms with Crippen LogP contribution in [0.1, 0.15) is 90.3 Å². The maximum Gasteiger partial charge on any atom is 0.348 e. The lowest BCUT2D eigenvalue weighted by molar-refractivity contribution is -0.244. The van der Waals surface area contributed by atoms with Crippen LogP contribution in [-0.2, 0) is 29.9 Å². The summed E-state index contributed by atoms with van der Waals surface area (Å²) >= 11 is 0. The van der Waals surface area contributed by atoms with Crippen molar-refractivity contribution < 1.29 is 24.2 Å². The highest BCUT2D eigenvalue weighted by Gasteiger charge is 2.46. The van der Waals surface area contributed by atoms with E-state index in [-0.39, 0.29) is 22.2 Å². The number of phenolic OH excluding ortho intramolecular Hbond substituents is 1. The van der Waals surface area contributed by atoms with Crippen LogP contribution in [0.15, 0.2) is 17.7 Å². The van der Waals surface area contributed by atoms with Crippen molar-refractivity contribution >= 4 is 18.0 Å². The summed E-state index contributed by atoms with van der Waals surface area (Å²) in [5.41, 5.74) is 1.47. The molecule has 0 aromatic heterocycles. The van der Waals surface area contributed by atoms with Crippen LogP contribution in [0.5, 0.6) is 5.75 Å². The van der Waals surface area contributed by atoms with Crippen molar-refractivity contribution in [3.05, 3.63) is 34.4 Å². The molecule has 1 N–H and O–H groups in total. The monoisotopic (exact) mass is 400 g/mol. The Labute approximate surface area is 173 Å². The van der Waals surface area contributed by atoms with Crippen molar-refractivity contribution in [2.75, 3.05) is 0 Å². The van der Waals surface area contributed by atoms with E-state index in [1.54, 1.807) is 0 Å². The lowest BCUT2D eigenvalue weighted by Gasteiger charge is -2.38. The largest absolute Gasteiger partial charge is 0.507 e. The Kier molecular flexibility index (Phi) is 5.31. The Bertz CT molecular complexity index is 801. The highest BCUT2D eigenvalue weighted by molar-refractivity contribution is 6.19. The van der Waals surface area contributed by atoms with E-state index in [1.807, 2.05) is 53.7 Å². The molecule has 158 valence electrons. The summed E-state index contributed by atoms with van der Waals surface area (Å²) in [6.07, 6.45) is 5.43. The fraction of sp³-hybridized carbons (Fsp3) is 0.583. The first-order valence-corrected chi connectivity index (χ1v) is 10.4. The smallest absolute Gasteiger partial charge is 0.348 e. The molecular formula is C24H32O5. The maximum absolute atomic E-state index is 12.7. The van der Waals surface area contributed by atoms with Gasteiger partial charge in [-0.05, 0) is 47.4 Å². The van der Waals surface area contributed by atoms with E-state index < -0.39 is 17.7 Å². The molecule has 1 saturated heterocycles. The Morgan fingerprint density at radius 3 is 1.72 bits per heavy atom. The predicted molar refractivity (Wildman–Crippen MR) is 111 cm³/mol. The standard InChI is InChI=1S/C24H32O5/c1-22(2,3)17-13-15(14-18(19(17)25)23(4,5)6)12-16-20(26)28-24(29-21(16)27)10-8-7-9-11-24/h12-14,25H,7-11H2,1-6H3. The molecule has 5 heteroatoms. The van der Waals surface area contributed by atoms with Crippen molar-refractivity contribution in [2.24, 2.45) is 0 Å². The molecular weight excluding hydrogens is 368 g/mol. The van der Waals surface area contributed by atoms with Gasteiger partial charge in [0, 0.05) is 24.0 Å². The molecule has 1 aromatic carbocycles. The average molecular weight is 401 g/mol. The average Bonchev–Trinajstić information content (AvgIpc) is 2.58. The molecule has 1 aliphatic carbocycles. The van der Waals surface area contributed by atoms with Crippen molar-refractivity contribution in [3.8, 4) is 5.75 Å². The summed E-state index contributed by atoms with van der Waals surface area (Å²) in [5, 5.41) is 10.9. The second kappa shape index (κ2) is 7.19. The molecule has 0 radical (unpaired) electrons. The summed E-state index contributed by atoms with van der Waals surface area (Å²) < 4.78 is 11.2. The zero-order valence-corrected chi connectivity index (χ0v) is 18.3. The van der Waals surface area contributed by atoms with Gasteiger partial charge < -0.3 is 14.6 Å². The number of ether oxygens (including phenoxy) is 2. The van der Waals surface area contributed by atoms with Gasteiger partial charge >= 0.3 is 11.9 Å². The molecule has 1 aromatic rings. The van der Waals surface area contributed by atoms with E-state index in [1.165, 1.54) is 6.08 Å². The van der Waals surface area contributed by atoms with Crippen LogP contribution in [0.3, 0.4) is 0 Å². The first-order chi connectivity index (χ1) is 13.3. The van der Waals surface area contributed by atoms with Gasteiger partial charge in [-0.1, -0.05) is 48.0 Å². The molecule has 2 fully saturated rings. The molecule has 0 amide bonds. The minimum Gasteiger partial charge on any atom is -0.507 e. The van der Waals surface area contributed by atoms with Crippen molar-refractivity contribution in [2.45, 2.75) is 90.3 Å². The normalized spacial score (nSPS) is 19.7. The molecule has 5 nitrogen and oxygen atoms in total. The molecule has 1 spiro atoms. The molecule has 0 bridgehead atoms. The zero-order chi connectivity index (χ0) is 21.6. The van der Waals surface area contributed by atoms with Crippen LogP contribution < -0.4 is 0 Å². The summed E-state index contributed by atoms with van der Waals surface area (Å²) in [7, 11) is 0. The number of esters is 2. The first kappa shape index (κ1) is 21.4. The van der Waals surface area contributed by atoms with Crippen LogP contribution in [0, 0.1) is 0 Å². The van der Waals surface area contributed by atoms with Gasteiger partial charge in [0.15, 0.2) is 0 Å². The third-order valence-electron chi connectivity index (χ3n) is 5.67. The van der Waals surface area contributed by atoms with Crippen LogP contribution in [-0.4, -0.2) is 22.8 Å². The molecule has 0 unspecified atom stereocenters. The van der Waals surface area contributed by atoms with Crippen LogP contribution in [0.25, 0.3) is 6.08 Å². The number of hydrogen-bond donors (Lipinski definition) is 1. The van der Waals surface area contributed by atoms with Crippen LogP contribution in [0.4, 0.5) is 0 Å². The van der Waals surface area contributed by atoms with Gasteiger partial charge in [0.2, 0.25) is 0 Å². The number of rotatable bonds is 1. The van der Waals surface area contributed by atoms with E-state index in [0.29, 0.717) is 18.4 Å². The Morgan fingerprint density at radius 2 is 1.31 bits per heavy atom. The van der Waals surface area contributed by atoms with Crippen molar-refractivity contribution in [1.29, 1.82) is 0 Å². The SMILES string of the molecule is CC(C)(C)c1cc(C=C2C(=O)OC3(CCCCC3)OC2=O)cc(C(C)(C)C)c1O. The van der Waals surface area contributed by atoms with Crippen molar-refractivity contribution in [1.82, 2.24) is 0 Å². The number of benzene rings is 1. The number of aromatic hydroxyl groups is 1. The number of carbonyl (C=O) groups excluding carboxylic acids is 2. The number of carbonyl (C=O) groups is 2. The van der Waals surface area contributed by atoms with Gasteiger partial charge in [-0.25, -0.2) is 9.59 Å². The third kappa shape index (κ3) is 4.34. The Balaban J connectivity index is 2.03. The third-order valence-corrected chi connectivity index (χ3v) is 5.67. The minimum absolute atomic E-state index is 0.105. The molecule has 1 saturated carbocycles. The van der Waals surface area contributed by atoms with Gasteiger partial charge in [-0.2, -0.15) is 0 Å². The second-order valence-corrected chi connectivity index (χ2v) is 10.3. The van der Waals surface area contributed by atoms with E-state index in [0.717, 1.165) is 30.4 Å². The van der Waals surface area contributed by atoms with E-state index >= 15 is 0 Å². The predicted octanol–water partition coefficient (Wildman–Crippen LogP) is 5.13. The van der Waals surface area contributed by atoms with Gasteiger partial charge in [-0.3, -0.25) is 0 Å². The fourth-order valence-corrected chi connectivity index (χ4v) is 4.01. The van der Waals surface area contributed by atoms with E-state index in [2.05, 4.69) is 0 Å². The lowest BCUT2D eigenvalue weighted by Crippen LogP contribution is -2.47. The van der Waals surface area contributed by atoms with Gasteiger partial charge in [0.05, 0.1) is 0 Å². The van der Waals surface area contributed by atoms with Gasteiger partial charge in [0.25, 0.3) is 5.79 Å². The highest BCUT2D eigenvalue weighted by atomic mass is 16.7. The van der Waals surface area contributed by atoms with Crippen LogP contribution in [0.2, 0.25) is 0 Å². The maximum atomic E-state index is 12.7. The topological polar surface area (TPSA) is 72.8 Å².